The van der Waals surface area contributed by atoms with Gasteiger partial charge in [-0.05, 0) is 34.1 Å². The van der Waals surface area contributed by atoms with Gasteiger partial charge in [0.05, 0.1) is 11.2 Å². The summed E-state index contributed by atoms with van der Waals surface area (Å²) < 4.78 is 0. The van der Waals surface area contributed by atoms with Crippen LogP contribution in [0.1, 0.15) is 48.0 Å². The Morgan fingerprint density at radius 3 is 1.08 bits per heavy atom. The maximum absolute atomic E-state index is 9.91. The summed E-state index contributed by atoms with van der Waals surface area (Å²) in [5.41, 5.74) is -2.19. The summed E-state index contributed by atoms with van der Waals surface area (Å²) in [5.74, 6) is 0. The largest absolute Gasteiger partial charge is 0.390 e. The van der Waals surface area contributed by atoms with E-state index in [1.54, 1.807) is 27.7 Å². The topological polar surface area (TPSA) is 40.5 Å². The Morgan fingerprint density at radius 1 is 0.833 bits per heavy atom. The van der Waals surface area contributed by atoms with E-state index in [9.17, 15) is 10.2 Å². The molecule has 0 amide bonds. The minimum Gasteiger partial charge on any atom is -0.390 e. The lowest BCUT2D eigenvalue weighted by Crippen LogP contribution is -2.54. The van der Waals surface area contributed by atoms with Crippen LogP contribution >= 0.6 is 0 Å². The molecule has 12 heavy (non-hydrogen) atoms. The molecule has 0 aromatic rings. The van der Waals surface area contributed by atoms with Crippen LogP contribution < -0.4 is 0 Å². The first kappa shape index (κ1) is 11.9. The predicted octanol–water partition coefficient (Wildman–Crippen LogP) is 1.94. The third kappa shape index (κ3) is 1.80. The molecule has 0 spiro atoms. The van der Waals surface area contributed by atoms with Crippen molar-refractivity contribution in [3.05, 3.63) is 0 Å². The molecule has 0 aliphatic heterocycles. The van der Waals surface area contributed by atoms with Gasteiger partial charge in [-0.25, -0.2) is 0 Å². The standard InChI is InChI=1S/C10H22O2/c1-7-10(6,8(2,3)11)9(4,5)12/h11-12H,7H2,1-6H3. The summed E-state index contributed by atoms with van der Waals surface area (Å²) >= 11 is 0. The Hall–Kier alpha value is -0.0800. The van der Waals surface area contributed by atoms with E-state index in [-0.39, 0.29) is 0 Å². The van der Waals surface area contributed by atoms with Crippen LogP contribution in [0.4, 0.5) is 0 Å². The maximum Gasteiger partial charge on any atom is 0.0672 e. The molecule has 0 saturated carbocycles. The fraction of sp³-hybridized carbons (Fsp3) is 1.00. The Labute approximate surface area is 75.6 Å². The molecule has 0 radical (unpaired) electrons. The van der Waals surface area contributed by atoms with Crippen LogP contribution in [0.25, 0.3) is 0 Å². The van der Waals surface area contributed by atoms with E-state index >= 15 is 0 Å². The molecular formula is C10H22O2. The molecule has 2 N–H and O–H groups in total. The molecule has 0 atom stereocenters. The van der Waals surface area contributed by atoms with Crippen molar-refractivity contribution in [2.24, 2.45) is 5.41 Å². The molecule has 0 rings (SSSR count). The highest BCUT2D eigenvalue weighted by molar-refractivity contribution is 4.99. The van der Waals surface area contributed by atoms with E-state index in [0.29, 0.717) is 0 Å². The van der Waals surface area contributed by atoms with Crippen molar-refractivity contribution < 1.29 is 10.2 Å². The summed E-state index contributed by atoms with van der Waals surface area (Å²) in [5, 5.41) is 19.8. The van der Waals surface area contributed by atoms with Gasteiger partial charge in [-0.15, -0.1) is 0 Å². The lowest BCUT2D eigenvalue weighted by atomic mass is 9.63. The fourth-order valence-corrected chi connectivity index (χ4v) is 1.61. The van der Waals surface area contributed by atoms with Crippen LogP contribution in [0.15, 0.2) is 0 Å². The molecule has 0 aromatic heterocycles. The molecule has 0 saturated heterocycles. The SMILES string of the molecule is CCC(C)(C(C)(C)O)C(C)(C)O. The van der Waals surface area contributed by atoms with Crippen molar-refractivity contribution in [3.8, 4) is 0 Å². The molecule has 2 nitrogen and oxygen atoms in total. The van der Waals surface area contributed by atoms with Crippen LogP contribution in [-0.4, -0.2) is 21.4 Å². The molecule has 2 heteroatoms. The molecule has 0 heterocycles. The van der Waals surface area contributed by atoms with E-state index in [2.05, 4.69) is 0 Å². The molecule has 0 fully saturated rings. The Balaban J connectivity index is 4.95. The van der Waals surface area contributed by atoms with Gasteiger partial charge in [0.25, 0.3) is 0 Å². The van der Waals surface area contributed by atoms with Crippen molar-refractivity contribution in [2.45, 2.75) is 59.2 Å². The zero-order valence-corrected chi connectivity index (χ0v) is 9.10. The number of rotatable bonds is 3. The minimum absolute atomic E-state index is 0.472. The monoisotopic (exact) mass is 174 g/mol. The van der Waals surface area contributed by atoms with Gasteiger partial charge < -0.3 is 10.2 Å². The molecule has 0 aliphatic carbocycles. The normalized spacial score (nSPS) is 15.0. The van der Waals surface area contributed by atoms with Crippen molar-refractivity contribution in [1.82, 2.24) is 0 Å². The van der Waals surface area contributed by atoms with Crippen LogP contribution in [0.3, 0.4) is 0 Å². The molecular weight excluding hydrogens is 152 g/mol. The lowest BCUT2D eigenvalue weighted by Gasteiger charge is -2.48. The average molecular weight is 174 g/mol. The smallest absolute Gasteiger partial charge is 0.0672 e. The second-order valence-electron chi connectivity index (χ2n) is 4.80. The Kier molecular flexibility index (Phi) is 2.98. The molecule has 0 unspecified atom stereocenters. The van der Waals surface area contributed by atoms with Gasteiger partial charge in [0, 0.05) is 5.41 Å². The van der Waals surface area contributed by atoms with E-state index in [1.165, 1.54) is 0 Å². The number of hydrogen-bond donors (Lipinski definition) is 2. The van der Waals surface area contributed by atoms with E-state index in [4.69, 9.17) is 0 Å². The highest BCUT2D eigenvalue weighted by atomic mass is 16.3. The molecule has 0 aromatic carbocycles. The van der Waals surface area contributed by atoms with Crippen LogP contribution in [0.5, 0.6) is 0 Å². The zero-order chi connectivity index (χ0) is 10.2. The van der Waals surface area contributed by atoms with Gasteiger partial charge in [-0.3, -0.25) is 0 Å². The van der Waals surface area contributed by atoms with Gasteiger partial charge in [0.15, 0.2) is 0 Å². The van der Waals surface area contributed by atoms with E-state index < -0.39 is 16.6 Å². The van der Waals surface area contributed by atoms with Crippen molar-refractivity contribution >= 4 is 0 Å². The van der Waals surface area contributed by atoms with Crippen LogP contribution in [0, 0.1) is 5.41 Å². The summed E-state index contributed by atoms with van der Waals surface area (Å²) in [7, 11) is 0. The fourth-order valence-electron chi connectivity index (χ4n) is 1.61. The highest BCUT2D eigenvalue weighted by Gasteiger charge is 2.48. The second-order valence-corrected chi connectivity index (χ2v) is 4.80. The van der Waals surface area contributed by atoms with Crippen molar-refractivity contribution in [1.29, 1.82) is 0 Å². The van der Waals surface area contributed by atoms with Crippen LogP contribution in [-0.2, 0) is 0 Å². The van der Waals surface area contributed by atoms with Gasteiger partial charge >= 0.3 is 0 Å². The first-order valence-electron chi connectivity index (χ1n) is 4.51. The van der Waals surface area contributed by atoms with Gasteiger partial charge in [0.2, 0.25) is 0 Å². The molecule has 0 bridgehead atoms. The number of aliphatic hydroxyl groups is 2. The third-order valence-electron chi connectivity index (χ3n) is 3.41. The summed E-state index contributed by atoms with van der Waals surface area (Å²) in [4.78, 5) is 0. The summed E-state index contributed by atoms with van der Waals surface area (Å²) in [6.45, 7) is 10.9. The third-order valence-corrected chi connectivity index (χ3v) is 3.41. The Bertz CT molecular complexity index is 134. The Morgan fingerprint density at radius 2 is 1.08 bits per heavy atom. The average Bonchev–Trinajstić information content (AvgIpc) is 1.81. The summed E-state index contributed by atoms with van der Waals surface area (Å²) in [6, 6.07) is 0. The highest BCUT2D eigenvalue weighted by Crippen LogP contribution is 2.43. The minimum atomic E-state index is -0.861. The second kappa shape index (κ2) is 3.00. The lowest BCUT2D eigenvalue weighted by molar-refractivity contribution is -0.158. The quantitative estimate of drug-likeness (QED) is 0.686. The first-order chi connectivity index (χ1) is 5.06. The van der Waals surface area contributed by atoms with E-state index in [0.717, 1.165) is 6.42 Å². The van der Waals surface area contributed by atoms with Crippen molar-refractivity contribution in [3.63, 3.8) is 0 Å². The van der Waals surface area contributed by atoms with Crippen molar-refractivity contribution in [2.75, 3.05) is 0 Å². The van der Waals surface area contributed by atoms with Gasteiger partial charge in [-0.1, -0.05) is 13.8 Å². The first-order valence-corrected chi connectivity index (χ1v) is 4.51. The predicted molar refractivity (Wildman–Crippen MR) is 51.0 cm³/mol. The number of hydrogen-bond acceptors (Lipinski definition) is 2. The maximum atomic E-state index is 9.91. The van der Waals surface area contributed by atoms with E-state index in [1.807, 2.05) is 13.8 Å². The molecule has 74 valence electrons. The zero-order valence-electron chi connectivity index (χ0n) is 9.10. The molecule has 0 aliphatic rings. The van der Waals surface area contributed by atoms with Crippen LogP contribution in [0.2, 0.25) is 0 Å². The summed E-state index contributed by atoms with van der Waals surface area (Å²) in [6.07, 6.45) is 0.750. The van der Waals surface area contributed by atoms with Gasteiger partial charge in [0.1, 0.15) is 0 Å². The van der Waals surface area contributed by atoms with Gasteiger partial charge in [-0.2, -0.15) is 0 Å².